The lowest BCUT2D eigenvalue weighted by Crippen LogP contribution is -2.52. The van der Waals surface area contributed by atoms with Crippen molar-refractivity contribution in [2.24, 2.45) is 0 Å². The van der Waals surface area contributed by atoms with Gasteiger partial charge >= 0.3 is 11.8 Å². The molecule has 0 saturated carbocycles. The third-order valence-corrected chi connectivity index (χ3v) is 4.71. The maximum absolute atomic E-state index is 10.8. The van der Waals surface area contributed by atoms with E-state index in [1.165, 1.54) is 11.9 Å². The minimum absolute atomic E-state index is 0.164. The van der Waals surface area contributed by atoms with E-state index in [4.69, 9.17) is 4.74 Å². The molecule has 1 saturated heterocycles. The highest BCUT2D eigenvalue weighted by Gasteiger charge is 2.41. The summed E-state index contributed by atoms with van der Waals surface area (Å²) in [6.07, 6.45) is 5.08. The standard InChI is InChI=1S/C16H20N6O3/c1-16(12-21-10-14(22(23)24)18-15(21)25-16)11-19-6-8-20(9-7-19)13-2-4-17-5-3-13/h2-5,10H,6-9,11-12H2,1H3. The Morgan fingerprint density at radius 1 is 1.28 bits per heavy atom. The van der Waals surface area contributed by atoms with Gasteiger partial charge in [-0.1, -0.05) is 0 Å². The normalized spacial score (nSPS) is 23.3. The van der Waals surface area contributed by atoms with E-state index >= 15 is 0 Å². The molecule has 0 aliphatic carbocycles. The number of hydrogen-bond donors (Lipinski definition) is 0. The minimum atomic E-state index is -0.496. The fraction of sp³-hybridized carbons (Fsp3) is 0.500. The highest BCUT2D eigenvalue weighted by molar-refractivity contribution is 5.45. The van der Waals surface area contributed by atoms with Crippen molar-refractivity contribution in [3.05, 3.63) is 40.8 Å². The first-order chi connectivity index (χ1) is 12.0. The maximum atomic E-state index is 10.8. The molecule has 1 unspecified atom stereocenters. The lowest BCUT2D eigenvalue weighted by Gasteiger charge is -2.38. The average Bonchev–Trinajstić information content (AvgIpc) is 3.11. The van der Waals surface area contributed by atoms with E-state index in [2.05, 4.69) is 19.8 Å². The van der Waals surface area contributed by atoms with Crippen molar-refractivity contribution in [1.82, 2.24) is 19.4 Å². The summed E-state index contributed by atoms with van der Waals surface area (Å²) in [4.78, 5) is 23.0. The quantitative estimate of drug-likeness (QED) is 0.607. The maximum Gasteiger partial charge on any atom is 0.415 e. The van der Waals surface area contributed by atoms with E-state index in [0.717, 1.165) is 32.7 Å². The third-order valence-electron chi connectivity index (χ3n) is 4.71. The van der Waals surface area contributed by atoms with Crippen LogP contribution < -0.4 is 9.64 Å². The van der Waals surface area contributed by atoms with Crippen molar-refractivity contribution in [2.45, 2.75) is 19.1 Å². The van der Waals surface area contributed by atoms with Gasteiger partial charge in [-0.15, -0.1) is 0 Å². The molecular formula is C16H20N6O3. The first-order valence-electron chi connectivity index (χ1n) is 8.30. The van der Waals surface area contributed by atoms with E-state index in [0.29, 0.717) is 12.6 Å². The first kappa shape index (κ1) is 15.8. The van der Waals surface area contributed by atoms with Crippen molar-refractivity contribution >= 4 is 11.5 Å². The Morgan fingerprint density at radius 3 is 2.64 bits per heavy atom. The molecule has 2 aliphatic rings. The first-order valence-corrected chi connectivity index (χ1v) is 8.30. The Hall–Kier alpha value is -2.68. The Labute approximate surface area is 145 Å². The predicted octanol–water partition coefficient (Wildman–Crippen LogP) is 1.16. The predicted molar refractivity (Wildman–Crippen MR) is 90.8 cm³/mol. The van der Waals surface area contributed by atoms with E-state index in [-0.39, 0.29) is 5.82 Å². The molecule has 2 aliphatic heterocycles. The van der Waals surface area contributed by atoms with E-state index in [1.807, 2.05) is 31.5 Å². The molecule has 4 heterocycles. The molecule has 0 bridgehead atoms. The largest absolute Gasteiger partial charge is 0.436 e. The number of aromatic nitrogens is 3. The van der Waals surface area contributed by atoms with Crippen LogP contribution >= 0.6 is 0 Å². The number of nitro groups is 1. The van der Waals surface area contributed by atoms with Crippen LogP contribution in [0, 0.1) is 10.1 Å². The van der Waals surface area contributed by atoms with Crippen LogP contribution in [0.1, 0.15) is 6.92 Å². The van der Waals surface area contributed by atoms with Crippen LogP contribution in [0.2, 0.25) is 0 Å². The summed E-state index contributed by atoms with van der Waals surface area (Å²) >= 11 is 0. The summed E-state index contributed by atoms with van der Waals surface area (Å²) in [5, 5.41) is 10.8. The van der Waals surface area contributed by atoms with Crippen LogP contribution in [0.15, 0.2) is 30.7 Å². The monoisotopic (exact) mass is 344 g/mol. The number of nitrogens with zero attached hydrogens (tertiary/aromatic N) is 6. The zero-order valence-electron chi connectivity index (χ0n) is 14.0. The number of imidazole rings is 1. The van der Waals surface area contributed by atoms with Crippen LogP contribution in [0.25, 0.3) is 0 Å². The SMILES string of the molecule is CC1(CN2CCN(c3ccncc3)CC2)Cn2cc([N+](=O)[O-])nc2O1. The van der Waals surface area contributed by atoms with Gasteiger partial charge in [-0.2, -0.15) is 0 Å². The molecule has 0 spiro atoms. The lowest BCUT2D eigenvalue weighted by atomic mass is 10.1. The van der Waals surface area contributed by atoms with Crippen molar-refractivity contribution < 1.29 is 9.66 Å². The van der Waals surface area contributed by atoms with Gasteiger partial charge in [0.1, 0.15) is 11.8 Å². The third kappa shape index (κ3) is 3.14. The zero-order valence-corrected chi connectivity index (χ0v) is 14.0. The Kier molecular flexibility index (Phi) is 3.79. The molecule has 2 aromatic rings. The molecule has 0 amide bonds. The topological polar surface area (TPSA) is 89.6 Å². The van der Waals surface area contributed by atoms with Crippen molar-refractivity contribution in [3.8, 4) is 6.01 Å². The molecule has 0 radical (unpaired) electrons. The number of hydrogen-bond acceptors (Lipinski definition) is 7. The molecule has 9 heteroatoms. The van der Waals surface area contributed by atoms with Crippen LogP contribution in [0.3, 0.4) is 0 Å². The second-order valence-corrected chi connectivity index (χ2v) is 6.79. The Bertz CT molecular complexity index is 746. The van der Waals surface area contributed by atoms with Gasteiger partial charge in [-0.3, -0.25) is 14.5 Å². The second kappa shape index (κ2) is 5.99. The van der Waals surface area contributed by atoms with Crippen molar-refractivity contribution in [1.29, 1.82) is 0 Å². The van der Waals surface area contributed by atoms with Gasteiger partial charge in [0, 0.05) is 55.8 Å². The van der Waals surface area contributed by atoms with E-state index in [1.54, 1.807) is 4.57 Å². The summed E-state index contributed by atoms with van der Waals surface area (Å²) < 4.78 is 7.65. The number of piperazine rings is 1. The lowest BCUT2D eigenvalue weighted by molar-refractivity contribution is -0.389. The number of fused-ring (bicyclic) bond motifs is 1. The highest BCUT2D eigenvalue weighted by atomic mass is 16.6. The van der Waals surface area contributed by atoms with E-state index < -0.39 is 10.5 Å². The fourth-order valence-electron chi connectivity index (χ4n) is 3.56. The molecular weight excluding hydrogens is 324 g/mol. The molecule has 25 heavy (non-hydrogen) atoms. The van der Waals surface area contributed by atoms with Gasteiger partial charge in [-0.25, -0.2) is 0 Å². The summed E-state index contributed by atoms with van der Waals surface area (Å²) in [6.45, 7) is 7.19. The number of anilines is 1. The number of ether oxygens (including phenoxy) is 1. The van der Waals surface area contributed by atoms with Crippen LogP contribution in [-0.2, 0) is 6.54 Å². The molecule has 0 N–H and O–H groups in total. The second-order valence-electron chi connectivity index (χ2n) is 6.79. The number of rotatable bonds is 4. The molecule has 1 fully saturated rings. The van der Waals surface area contributed by atoms with Gasteiger partial charge in [0.25, 0.3) is 0 Å². The van der Waals surface area contributed by atoms with Crippen LogP contribution in [0.4, 0.5) is 11.5 Å². The summed E-state index contributed by atoms with van der Waals surface area (Å²) in [5.41, 5.74) is 0.793. The van der Waals surface area contributed by atoms with E-state index in [9.17, 15) is 10.1 Å². The Balaban J connectivity index is 1.34. The molecule has 9 nitrogen and oxygen atoms in total. The Morgan fingerprint density at radius 2 is 2.00 bits per heavy atom. The van der Waals surface area contributed by atoms with Crippen LogP contribution in [-0.4, -0.2) is 62.7 Å². The molecule has 2 aromatic heterocycles. The summed E-state index contributed by atoms with van der Waals surface area (Å²) in [6, 6.07) is 4.40. The molecule has 132 valence electrons. The smallest absolute Gasteiger partial charge is 0.415 e. The highest BCUT2D eigenvalue weighted by Crippen LogP contribution is 2.31. The number of pyridine rings is 1. The molecule has 1 atom stereocenters. The minimum Gasteiger partial charge on any atom is -0.436 e. The average molecular weight is 344 g/mol. The summed E-state index contributed by atoms with van der Waals surface area (Å²) in [7, 11) is 0. The van der Waals surface area contributed by atoms with Gasteiger partial charge in [0.2, 0.25) is 0 Å². The molecule has 0 aromatic carbocycles. The van der Waals surface area contributed by atoms with Gasteiger partial charge in [0.15, 0.2) is 0 Å². The molecule has 4 rings (SSSR count). The zero-order chi connectivity index (χ0) is 17.4. The fourth-order valence-corrected chi connectivity index (χ4v) is 3.56. The van der Waals surface area contributed by atoms with Crippen molar-refractivity contribution in [3.63, 3.8) is 0 Å². The summed E-state index contributed by atoms with van der Waals surface area (Å²) in [5.74, 6) is -0.164. The van der Waals surface area contributed by atoms with Gasteiger partial charge < -0.3 is 19.8 Å². The van der Waals surface area contributed by atoms with Crippen LogP contribution in [0.5, 0.6) is 6.01 Å². The van der Waals surface area contributed by atoms with Gasteiger partial charge in [0.05, 0.1) is 6.54 Å². The van der Waals surface area contributed by atoms with Crippen molar-refractivity contribution in [2.75, 3.05) is 37.6 Å². The van der Waals surface area contributed by atoms with Gasteiger partial charge in [-0.05, 0) is 24.0 Å².